The van der Waals surface area contributed by atoms with Crippen LogP contribution in [-0.4, -0.2) is 44.4 Å². The molecule has 94 valence electrons. The standard InChI is InChI=1S/C11H15BrClN3O/c1-16(7-9-6-14-2-3-17-9)11-10(13)4-8(12)5-15-11/h4-5,9,14H,2-3,6-7H2,1H3. The van der Waals surface area contributed by atoms with Crippen molar-refractivity contribution in [3.8, 4) is 0 Å². The molecular formula is C11H15BrClN3O. The summed E-state index contributed by atoms with van der Waals surface area (Å²) in [6.07, 6.45) is 1.94. The maximum Gasteiger partial charge on any atom is 0.147 e. The zero-order valence-corrected chi connectivity index (χ0v) is 12.0. The summed E-state index contributed by atoms with van der Waals surface area (Å²) in [4.78, 5) is 6.33. The quantitative estimate of drug-likeness (QED) is 0.923. The van der Waals surface area contributed by atoms with Gasteiger partial charge >= 0.3 is 0 Å². The minimum atomic E-state index is 0.190. The highest BCUT2D eigenvalue weighted by atomic mass is 79.9. The Hall–Kier alpha value is -0.360. The van der Waals surface area contributed by atoms with Gasteiger partial charge in [-0.25, -0.2) is 4.98 Å². The molecule has 0 saturated carbocycles. The van der Waals surface area contributed by atoms with Gasteiger partial charge in [-0.15, -0.1) is 0 Å². The smallest absolute Gasteiger partial charge is 0.147 e. The van der Waals surface area contributed by atoms with Crippen molar-refractivity contribution in [2.45, 2.75) is 6.10 Å². The molecule has 1 aliphatic rings. The number of nitrogens with one attached hydrogen (secondary N) is 1. The second-order valence-corrected chi connectivity index (χ2v) is 5.36. The fourth-order valence-corrected chi connectivity index (χ4v) is 2.59. The van der Waals surface area contributed by atoms with Crippen LogP contribution in [0.3, 0.4) is 0 Å². The molecule has 0 amide bonds. The number of hydrogen-bond acceptors (Lipinski definition) is 4. The first kappa shape index (κ1) is 13.1. The molecule has 6 heteroatoms. The van der Waals surface area contributed by atoms with Gasteiger partial charge < -0.3 is 15.0 Å². The maximum atomic E-state index is 6.15. The summed E-state index contributed by atoms with van der Waals surface area (Å²) in [7, 11) is 1.97. The molecule has 1 saturated heterocycles. The highest BCUT2D eigenvalue weighted by molar-refractivity contribution is 9.10. The molecule has 0 aromatic carbocycles. The molecule has 2 heterocycles. The van der Waals surface area contributed by atoms with Crippen LogP contribution in [0.5, 0.6) is 0 Å². The van der Waals surface area contributed by atoms with Gasteiger partial charge in [-0.3, -0.25) is 0 Å². The van der Waals surface area contributed by atoms with Crippen molar-refractivity contribution in [1.82, 2.24) is 10.3 Å². The molecule has 1 fully saturated rings. The fraction of sp³-hybridized carbons (Fsp3) is 0.545. The molecule has 1 unspecified atom stereocenters. The Labute approximate surface area is 114 Å². The average Bonchev–Trinajstić information content (AvgIpc) is 2.30. The second kappa shape index (κ2) is 6.00. The number of nitrogens with zero attached hydrogens (tertiary/aromatic N) is 2. The molecule has 17 heavy (non-hydrogen) atoms. The Morgan fingerprint density at radius 2 is 2.53 bits per heavy atom. The van der Waals surface area contributed by atoms with Gasteiger partial charge in [0.25, 0.3) is 0 Å². The molecule has 4 nitrogen and oxygen atoms in total. The molecule has 1 N–H and O–H groups in total. The zero-order valence-electron chi connectivity index (χ0n) is 9.62. The van der Waals surface area contributed by atoms with Crippen molar-refractivity contribution in [2.24, 2.45) is 0 Å². The van der Waals surface area contributed by atoms with Gasteiger partial charge in [0.1, 0.15) is 5.82 Å². The van der Waals surface area contributed by atoms with Crippen LogP contribution in [0.2, 0.25) is 5.02 Å². The third-order valence-corrected chi connectivity index (χ3v) is 3.34. The van der Waals surface area contributed by atoms with Crippen LogP contribution in [-0.2, 0) is 4.74 Å². The summed E-state index contributed by atoms with van der Waals surface area (Å²) in [5.41, 5.74) is 0. The van der Waals surface area contributed by atoms with E-state index in [1.807, 2.05) is 18.0 Å². The van der Waals surface area contributed by atoms with Crippen LogP contribution in [0.4, 0.5) is 5.82 Å². The average molecular weight is 321 g/mol. The van der Waals surface area contributed by atoms with Crippen LogP contribution in [0.15, 0.2) is 16.7 Å². The van der Waals surface area contributed by atoms with Crippen LogP contribution in [0.25, 0.3) is 0 Å². The maximum absolute atomic E-state index is 6.15. The molecule has 1 aliphatic heterocycles. The van der Waals surface area contributed by atoms with Crippen molar-refractivity contribution in [2.75, 3.05) is 38.2 Å². The highest BCUT2D eigenvalue weighted by Crippen LogP contribution is 2.25. The number of morpholine rings is 1. The van der Waals surface area contributed by atoms with E-state index in [4.69, 9.17) is 16.3 Å². The number of ether oxygens (including phenoxy) is 1. The van der Waals surface area contributed by atoms with Gasteiger partial charge in [0, 0.05) is 37.4 Å². The number of rotatable bonds is 3. The lowest BCUT2D eigenvalue weighted by Gasteiger charge is -2.28. The first-order valence-corrected chi connectivity index (χ1v) is 6.68. The third-order valence-electron chi connectivity index (χ3n) is 2.63. The van der Waals surface area contributed by atoms with Gasteiger partial charge in [-0.1, -0.05) is 11.6 Å². The molecule has 1 atom stereocenters. The van der Waals surface area contributed by atoms with Crippen LogP contribution in [0, 0.1) is 0 Å². The number of hydrogen-bond donors (Lipinski definition) is 1. The summed E-state index contributed by atoms with van der Waals surface area (Å²) in [6, 6.07) is 1.85. The Balaban J connectivity index is 2.00. The van der Waals surface area contributed by atoms with Crippen molar-refractivity contribution < 1.29 is 4.74 Å². The van der Waals surface area contributed by atoms with Crippen molar-refractivity contribution in [1.29, 1.82) is 0 Å². The molecule has 0 radical (unpaired) electrons. The largest absolute Gasteiger partial charge is 0.374 e. The highest BCUT2D eigenvalue weighted by Gasteiger charge is 2.17. The number of pyridine rings is 1. The Morgan fingerprint density at radius 1 is 1.71 bits per heavy atom. The lowest BCUT2D eigenvalue weighted by Crippen LogP contribution is -2.44. The number of likely N-dealkylation sites (N-methyl/N-ethyl adjacent to an activating group) is 1. The SMILES string of the molecule is CN(CC1CNCCO1)c1ncc(Br)cc1Cl. The Kier molecular flexibility index (Phi) is 4.62. The zero-order chi connectivity index (χ0) is 12.3. The van der Waals surface area contributed by atoms with Gasteiger partial charge in [0.05, 0.1) is 17.7 Å². The fourth-order valence-electron chi connectivity index (χ4n) is 1.82. The number of halogens is 2. The van der Waals surface area contributed by atoms with E-state index in [9.17, 15) is 0 Å². The summed E-state index contributed by atoms with van der Waals surface area (Å²) in [6.45, 7) is 3.34. The molecule has 1 aromatic heterocycles. The lowest BCUT2D eigenvalue weighted by atomic mass is 10.3. The summed E-state index contributed by atoms with van der Waals surface area (Å²) >= 11 is 9.50. The molecule has 1 aromatic rings. The van der Waals surface area contributed by atoms with E-state index >= 15 is 0 Å². The lowest BCUT2D eigenvalue weighted by molar-refractivity contribution is 0.0339. The van der Waals surface area contributed by atoms with Gasteiger partial charge in [-0.05, 0) is 22.0 Å². The van der Waals surface area contributed by atoms with E-state index in [2.05, 4.69) is 26.2 Å². The summed E-state index contributed by atoms with van der Waals surface area (Å²) < 4.78 is 6.53. The van der Waals surface area contributed by atoms with E-state index in [-0.39, 0.29) is 6.10 Å². The van der Waals surface area contributed by atoms with Crippen molar-refractivity contribution in [3.05, 3.63) is 21.8 Å². The summed E-state index contributed by atoms with van der Waals surface area (Å²) in [5.74, 6) is 0.782. The Morgan fingerprint density at radius 3 is 3.18 bits per heavy atom. The third kappa shape index (κ3) is 3.55. The van der Waals surface area contributed by atoms with Crippen LogP contribution >= 0.6 is 27.5 Å². The molecule has 0 bridgehead atoms. The predicted molar refractivity (Wildman–Crippen MR) is 72.8 cm³/mol. The normalized spacial score (nSPS) is 20.3. The number of aromatic nitrogens is 1. The molecule has 0 aliphatic carbocycles. The van der Waals surface area contributed by atoms with E-state index in [0.29, 0.717) is 5.02 Å². The van der Waals surface area contributed by atoms with E-state index in [1.54, 1.807) is 6.20 Å². The first-order valence-electron chi connectivity index (χ1n) is 5.51. The monoisotopic (exact) mass is 319 g/mol. The van der Waals surface area contributed by atoms with Gasteiger partial charge in [-0.2, -0.15) is 0 Å². The van der Waals surface area contributed by atoms with Crippen LogP contribution in [0.1, 0.15) is 0 Å². The second-order valence-electron chi connectivity index (χ2n) is 4.04. The van der Waals surface area contributed by atoms with Gasteiger partial charge in [0.15, 0.2) is 0 Å². The van der Waals surface area contributed by atoms with E-state index in [1.165, 1.54) is 0 Å². The van der Waals surface area contributed by atoms with Crippen LogP contribution < -0.4 is 10.2 Å². The molecular weight excluding hydrogens is 305 g/mol. The van der Waals surface area contributed by atoms with Crippen molar-refractivity contribution >= 4 is 33.3 Å². The Bertz CT molecular complexity index is 385. The first-order chi connectivity index (χ1) is 8.16. The van der Waals surface area contributed by atoms with Gasteiger partial charge in [0.2, 0.25) is 0 Å². The number of anilines is 1. The van der Waals surface area contributed by atoms with E-state index in [0.717, 1.165) is 36.5 Å². The minimum Gasteiger partial charge on any atom is -0.374 e. The minimum absolute atomic E-state index is 0.190. The van der Waals surface area contributed by atoms with E-state index < -0.39 is 0 Å². The van der Waals surface area contributed by atoms with Crippen molar-refractivity contribution in [3.63, 3.8) is 0 Å². The summed E-state index contributed by atoms with van der Waals surface area (Å²) in [5, 5.41) is 3.95. The predicted octanol–water partition coefficient (Wildman–Crippen LogP) is 1.92. The molecule has 2 rings (SSSR count). The molecule has 0 spiro atoms. The topological polar surface area (TPSA) is 37.4 Å².